The second-order valence-electron chi connectivity index (χ2n) is 8.10. The highest BCUT2D eigenvalue weighted by molar-refractivity contribution is 5.98. The summed E-state index contributed by atoms with van der Waals surface area (Å²) in [6.45, 7) is 3.30. The molecule has 32 heavy (non-hydrogen) atoms. The van der Waals surface area contributed by atoms with Crippen LogP contribution in [0.1, 0.15) is 43.2 Å². The Kier molecular flexibility index (Phi) is 7.04. The largest absolute Gasteiger partial charge is 0.450 e. The van der Waals surface area contributed by atoms with Gasteiger partial charge in [-0.15, -0.1) is 0 Å². The molecule has 0 unspecified atom stereocenters. The summed E-state index contributed by atoms with van der Waals surface area (Å²) < 4.78 is 5.05. The number of nitrogens with one attached hydrogen (secondary N) is 1. The molecule has 0 bridgehead atoms. The highest BCUT2D eigenvalue weighted by Gasteiger charge is 2.35. The molecule has 0 saturated carbocycles. The summed E-state index contributed by atoms with van der Waals surface area (Å²) in [6.07, 6.45) is 0.913. The quantitative estimate of drug-likeness (QED) is 0.750. The van der Waals surface area contributed by atoms with Crippen LogP contribution in [0.2, 0.25) is 0 Å². The highest BCUT2D eigenvalue weighted by atomic mass is 16.6. The molecule has 2 amide bonds. The topological polar surface area (TPSA) is 80.2 Å². The molecule has 2 aliphatic heterocycles. The van der Waals surface area contributed by atoms with Crippen LogP contribution in [-0.2, 0) is 14.4 Å². The molecule has 2 aromatic rings. The van der Waals surface area contributed by atoms with Crippen LogP contribution in [0.5, 0.6) is 0 Å². The molecule has 1 N–H and O–H groups in total. The van der Waals surface area contributed by atoms with Gasteiger partial charge < -0.3 is 19.8 Å². The maximum atomic E-state index is 12.9. The molecule has 0 aromatic heterocycles. The van der Waals surface area contributed by atoms with Gasteiger partial charge in [-0.05, 0) is 30.9 Å². The van der Waals surface area contributed by atoms with Gasteiger partial charge >= 0.3 is 6.09 Å². The van der Waals surface area contributed by atoms with Gasteiger partial charge in [0.25, 0.3) is 5.91 Å². The molecule has 0 spiro atoms. The lowest BCUT2D eigenvalue weighted by molar-refractivity contribution is -0.132. The number of nitrogens with zero attached hydrogens (tertiary/aromatic N) is 2. The Morgan fingerprint density at radius 2 is 1.66 bits per heavy atom. The maximum absolute atomic E-state index is 12.9. The summed E-state index contributed by atoms with van der Waals surface area (Å²) >= 11 is 0. The summed E-state index contributed by atoms with van der Waals surface area (Å²) in [4.78, 5) is 32.0. The van der Waals surface area contributed by atoms with E-state index in [0.29, 0.717) is 39.0 Å². The van der Waals surface area contributed by atoms with Crippen molar-refractivity contribution in [1.29, 1.82) is 0 Å². The van der Waals surface area contributed by atoms with E-state index in [9.17, 15) is 9.59 Å². The minimum absolute atomic E-state index is 0.0138. The lowest BCUT2D eigenvalue weighted by Gasteiger charge is -2.31. The van der Waals surface area contributed by atoms with Crippen molar-refractivity contribution in [3.8, 4) is 0 Å². The predicted octanol–water partition coefficient (Wildman–Crippen LogP) is 3.70. The van der Waals surface area contributed by atoms with Crippen LogP contribution in [0.15, 0.2) is 65.8 Å². The Morgan fingerprint density at radius 3 is 2.22 bits per heavy atom. The maximum Gasteiger partial charge on any atom is 0.409 e. The van der Waals surface area contributed by atoms with Crippen molar-refractivity contribution >= 4 is 17.7 Å². The third kappa shape index (κ3) is 5.10. The van der Waals surface area contributed by atoms with Gasteiger partial charge in [-0.2, -0.15) is 0 Å². The monoisotopic (exact) mass is 435 g/mol. The summed E-state index contributed by atoms with van der Waals surface area (Å²) in [5.41, 5.74) is 3.08. The Bertz CT molecular complexity index is 901. The van der Waals surface area contributed by atoms with E-state index in [1.54, 1.807) is 11.8 Å². The van der Waals surface area contributed by atoms with Crippen LogP contribution >= 0.6 is 0 Å². The van der Waals surface area contributed by atoms with Crippen molar-refractivity contribution in [2.45, 2.75) is 44.2 Å². The lowest BCUT2D eigenvalue weighted by atomic mass is 9.85. The van der Waals surface area contributed by atoms with Crippen molar-refractivity contribution in [2.75, 3.05) is 19.7 Å². The molecule has 1 atom stereocenters. The highest BCUT2D eigenvalue weighted by Crippen LogP contribution is 2.31. The zero-order valence-electron chi connectivity index (χ0n) is 18.3. The first-order valence-electron chi connectivity index (χ1n) is 11.2. The molecule has 168 valence electrons. The molecule has 0 radical (unpaired) electrons. The van der Waals surface area contributed by atoms with E-state index in [2.05, 4.69) is 34.7 Å². The summed E-state index contributed by atoms with van der Waals surface area (Å²) in [6, 6.07) is 20.3. The fourth-order valence-electron chi connectivity index (χ4n) is 4.29. The van der Waals surface area contributed by atoms with E-state index >= 15 is 0 Å². The first-order valence-corrected chi connectivity index (χ1v) is 11.2. The molecule has 7 heteroatoms. The number of benzene rings is 2. The molecule has 2 heterocycles. The number of carbonyl (C=O) groups excluding carboxylic acids is 2. The Morgan fingerprint density at radius 1 is 1.06 bits per heavy atom. The lowest BCUT2D eigenvalue weighted by Crippen LogP contribution is -2.49. The number of hydrogen-bond donors (Lipinski definition) is 1. The van der Waals surface area contributed by atoms with Crippen LogP contribution in [0, 0.1) is 0 Å². The van der Waals surface area contributed by atoms with Gasteiger partial charge in [0.2, 0.25) is 6.10 Å². The van der Waals surface area contributed by atoms with E-state index in [4.69, 9.17) is 9.57 Å². The smallest absolute Gasteiger partial charge is 0.409 e. The van der Waals surface area contributed by atoms with Crippen molar-refractivity contribution in [2.24, 2.45) is 5.16 Å². The zero-order chi connectivity index (χ0) is 22.3. The minimum Gasteiger partial charge on any atom is -0.450 e. The second kappa shape index (κ2) is 10.3. The predicted molar refractivity (Wildman–Crippen MR) is 121 cm³/mol. The minimum atomic E-state index is -0.636. The number of likely N-dealkylation sites (tertiary alicyclic amines) is 1. The number of oxime groups is 1. The van der Waals surface area contributed by atoms with E-state index < -0.39 is 6.10 Å². The first kappa shape index (κ1) is 21.9. The SMILES string of the molecule is CCOC(=O)N1CCC(NC(=O)[C@H]2CC(C(c3ccccc3)c3ccccc3)=NO2)CC1. The van der Waals surface area contributed by atoms with Gasteiger partial charge in [-0.3, -0.25) is 4.79 Å². The van der Waals surface area contributed by atoms with Crippen LogP contribution in [0.25, 0.3) is 0 Å². The third-order valence-corrected chi connectivity index (χ3v) is 5.95. The van der Waals surface area contributed by atoms with Crippen LogP contribution in [0.4, 0.5) is 4.79 Å². The number of piperidine rings is 1. The van der Waals surface area contributed by atoms with E-state index in [0.717, 1.165) is 16.8 Å². The van der Waals surface area contributed by atoms with E-state index in [-0.39, 0.29) is 24.0 Å². The second-order valence-corrected chi connectivity index (χ2v) is 8.10. The Balaban J connectivity index is 1.36. The van der Waals surface area contributed by atoms with Crippen molar-refractivity contribution in [1.82, 2.24) is 10.2 Å². The van der Waals surface area contributed by atoms with Gasteiger partial charge in [0.1, 0.15) is 0 Å². The standard InChI is InChI=1S/C25H29N3O4/c1-2-31-25(30)28-15-13-20(14-16-28)26-24(29)22-17-21(27-32-22)23(18-9-5-3-6-10-18)19-11-7-4-8-12-19/h3-12,20,22-23H,2,13-17H2,1H3,(H,26,29)/t22-/m1/s1. The Labute approximate surface area is 188 Å². The average Bonchev–Trinajstić information content (AvgIpc) is 3.31. The van der Waals surface area contributed by atoms with Gasteiger partial charge in [0.05, 0.1) is 18.2 Å². The van der Waals surface area contributed by atoms with Crippen LogP contribution in [-0.4, -0.2) is 54.5 Å². The fraction of sp³-hybridized carbons (Fsp3) is 0.400. The summed E-state index contributed by atoms with van der Waals surface area (Å²) in [5, 5.41) is 7.40. The van der Waals surface area contributed by atoms with Crippen molar-refractivity contribution in [3.05, 3.63) is 71.8 Å². The average molecular weight is 436 g/mol. The van der Waals surface area contributed by atoms with Gasteiger partial charge in [0, 0.05) is 25.6 Å². The number of rotatable bonds is 6. The molecule has 0 aliphatic carbocycles. The Hall–Kier alpha value is -3.35. The van der Waals surface area contributed by atoms with Gasteiger partial charge in [0.15, 0.2) is 0 Å². The first-order chi connectivity index (χ1) is 15.7. The molecular weight excluding hydrogens is 406 g/mol. The third-order valence-electron chi connectivity index (χ3n) is 5.95. The number of carbonyl (C=O) groups is 2. The molecule has 2 aliphatic rings. The van der Waals surface area contributed by atoms with E-state index in [1.165, 1.54) is 0 Å². The van der Waals surface area contributed by atoms with Crippen LogP contribution in [0.3, 0.4) is 0 Å². The summed E-state index contributed by atoms with van der Waals surface area (Å²) in [5.74, 6) is -0.207. The molecule has 7 nitrogen and oxygen atoms in total. The normalized spacial score (nSPS) is 18.8. The van der Waals surface area contributed by atoms with Crippen molar-refractivity contribution in [3.63, 3.8) is 0 Å². The molecule has 1 fully saturated rings. The molecular formula is C25H29N3O4. The number of hydrogen-bond acceptors (Lipinski definition) is 5. The number of amides is 2. The molecule has 4 rings (SSSR count). The van der Waals surface area contributed by atoms with Gasteiger partial charge in [-0.1, -0.05) is 65.8 Å². The van der Waals surface area contributed by atoms with Crippen molar-refractivity contribution < 1.29 is 19.2 Å². The molecule has 1 saturated heterocycles. The zero-order valence-corrected chi connectivity index (χ0v) is 18.3. The van der Waals surface area contributed by atoms with Crippen LogP contribution < -0.4 is 5.32 Å². The van der Waals surface area contributed by atoms with Gasteiger partial charge in [-0.25, -0.2) is 4.79 Å². The fourth-order valence-corrected chi connectivity index (χ4v) is 4.29. The van der Waals surface area contributed by atoms with E-state index in [1.807, 2.05) is 36.4 Å². The number of ether oxygens (including phenoxy) is 1. The molecule has 2 aromatic carbocycles. The summed E-state index contributed by atoms with van der Waals surface area (Å²) in [7, 11) is 0.